The van der Waals surface area contributed by atoms with Crippen LogP contribution in [0.25, 0.3) is 0 Å². The van der Waals surface area contributed by atoms with Gasteiger partial charge in [-0.25, -0.2) is 0 Å². The van der Waals surface area contributed by atoms with E-state index in [-0.39, 0.29) is 5.91 Å². The lowest BCUT2D eigenvalue weighted by atomic mass is 9.96. The Morgan fingerprint density at radius 1 is 1.22 bits per heavy atom. The SMILES string of the molecule is COc1ccccc1NC(=O)C1=C(C)Nc2nnnn2[C@@H]1c1ccncc1. The van der Waals surface area contributed by atoms with Gasteiger partial charge in [-0.15, -0.1) is 0 Å². The fourth-order valence-corrected chi connectivity index (χ4v) is 3.10. The first kappa shape index (κ1) is 16.7. The lowest BCUT2D eigenvalue weighted by molar-refractivity contribution is -0.113. The third kappa shape index (κ3) is 2.99. The van der Waals surface area contributed by atoms with Crippen LogP contribution < -0.4 is 15.4 Å². The van der Waals surface area contributed by atoms with Crippen molar-refractivity contribution in [1.82, 2.24) is 25.2 Å². The zero-order chi connectivity index (χ0) is 18.8. The third-order valence-electron chi connectivity index (χ3n) is 4.34. The van der Waals surface area contributed by atoms with Crippen LogP contribution in [-0.4, -0.2) is 38.2 Å². The van der Waals surface area contributed by atoms with E-state index in [9.17, 15) is 4.79 Å². The predicted molar refractivity (Wildman–Crippen MR) is 98.1 cm³/mol. The number of allylic oxidation sites excluding steroid dienone is 1. The topological polar surface area (TPSA) is 107 Å². The number of nitrogens with zero attached hydrogens (tertiary/aromatic N) is 5. The van der Waals surface area contributed by atoms with E-state index in [1.54, 1.807) is 36.3 Å². The van der Waals surface area contributed by atoms with Crippen LogP contribution in [0.2, 0.25) is 0 Å². The van der Waals surface area contributed by atoms with Crippen LogP contribution in [0.5, 0.6) is 5.75 Å². The van der Waals surface area contributed by atoms with Crippen molar-refractivity contribution in [2.24, 2.45) is 0 Å². The first-order valence-corrected chi connectivity index (χ1v) is 8.29. The molecule has 1 aromatic carbocycles. The molecule has 9 nitrogen and oxygen atoms in total. The number of hydrogen-bond acceptors (Lipinski definition) is 7. The number of rotatable bonds is 4. The molecule has 2 aromatic heterocycles. The van der Waals surface area contributed by atoms with E-state index in [0.29, 0.717) is 28.7 Å². The van der Waals surface area contributed by atoms with E-state index >= 15 is 0 Å². The Morgan fingerprint density at radius 2 is 2.00 bits per heavy atom. The summed E-state index contributed by atoms with van der Waals surface area (Å²) in [4.78, 5) is 17.3. The van der Waals surface area contributed by atoms with Gasteiger partial charge in [-0.1, -0.05) is 17.2 Å². The molecule has 136 valence electrons. The van der Waals surface area contributed by atoms with E-state index in [1.807, 2.05) is 31.2 Å². The number of hydrogen-bond donors (Lipinski definition) is 2. The normalized spacial score (nSPS) is 15.7. The Morgan fingerprint density at radius 3 is 2.78 bits per heavy atom. The molecular weight excluding hydrogens is 346 g/mol. The number of methoxy groups -OCH3 is 1. The monoisotopic (exact) mass is 363 g/mol. The van der Waals surface area contributed by atoms with Crippen molar-refractivity contribution < 1.29 is 9.53 Å². The fraction of sp³-hybridized carbons (Fsp3) is 0.167. The third-order valence-corrected chi connectivity index (χ3v) is 4.34. The van der Waals surface area contributed by atoms with Gasteiger partial charge in [0.1, 0.15) is 11.8 Å². The summed E-state index contributed by atoms with van der Waals surface area (Å²) in [6.07, 6.45) is 3.35. The van der Waals surface area contributed by atoms with Crippen LogP contribution in [0, 0.1) is 0 Å². The van der Waals surface area contributed by atoms with Gasteiger partial charge in [0.2, 0.25) is 5.95 Å². The number of amides is 1. The highest BCUT2D eigenvalue weighted by atomic mass is 16.5. The first-order chi connectivity index (χ1) is 13.2. The lowest BCUT2D eigenvalue weighted by Crippen LogP contribution is -2.31. The minimum Gasteiger partial charge on any atom is -0.495 e. The van der Waals surface area contributed by atoms with Crippen LogP contribution in [-0.2, 0) is 4.79 Å². The zero-order valence-electron chi connectivity index (χ0n) is 14.7. The van der Waals surface area contributed by atoms with Gasteiger partial charge in [0.25, 0.3) is 5.91 Å². The number of carbonyl (C=O) groups is 1. The smallest absolute Gasteiger partial charge is 0.255 e. The van der Waals surface area contributed by atoms with Crippen LogP contribution in [0.4, 0.5) is 11.6 Å². The van der Waals surface area contributed by atoms with Gasteiger partial charge < -0.3 is 15.4 Å². The summed E-state index contributed by atoms with van der Waals surface area (Å²) >= 11 is 0. The highest BCUT2D eigenvalue weighted by Gasteiger charge is 2.34. The molecule has 27 heavy (non-hydrogen) atoms. The van der Waals surface area contributed by atoms with Gasteiger partial charge in [-0.05, 0) is 47.2 Å². The predicted octanol–water partition coefficient (Wildman–Crippen LogP) is 2.00. The van der Waals surface area contributed by atoms with Crippen molar-refractivity contribution in [1.29, 1.82) is 0 Å². The van der Waals surface area contributed by atoms with Crippen molar-refractivity contribution in [2.45, 2.75) is 13.0 Å². The van der Waals surface area contributed by atoms with Crippen molar-refractivity contribution in [3.63, 3.8) is 0 Å². The highest BCUT2D eigenvalue weighted by Crippen LogP contribution is 2.35. The molecular formula is C18H17N7O2. The van der Waals surface area contributed by atoms with Gasteiger partial charge in [0.15, 0.2) is 0 Å². The number of para-hydroxylation sites is 2. The molecule has 1 aliphatic heterocycles. The Bertz CT molecular complexity index is 1010. The van der Waals surface area contributed by atoms with Gasteiger partial charge in [-0.2, -0.15) is 4.68 Å². The van der Waals surface area contributed by atoms with Gasteiger partial charge >= 0.3 is 0 Å². The number of benzene rings is 1. The summed E-state index contributed by atoms with van der Waals surface area (Å²) in [6, 6.07) is 10.4. The standard InChI is InChI=1S/C18H17N7O2/c1-11-15(17(26)21-13-5-3-4-6-14(13)27-2)16(12-7-9-19-10-8-12)25-18(20-11)22-23-24-25/h3-10,16H,1-2H3,(H,21,26)(H,20,22,24)/t16-/m1/s1. The molecule has 1 amide bonds. The quantitative estimate of drug-likeness (QED) is 0.730. The molecule has 0 saturated heterocycles. The van der Waals surface area contributed by atoms with Crippen molar-refractivity contribution in [2.75, 3.05) is 17.7 Å². The van der Waals surface area contributed by atoms with Crippen LogP contribution in [0.1, 0.15) is 18.5 Å². The molecule has 0 aliphatic carbocycles. The second-order valence-electron chi connectivity index (χ2n) is 5.95. The molecule has 0 unspecified atom stereocenters. The molecule has 3 heterocycles. The molecule has 0 saturated carbocycles. The van der Waals surface area contributed by atoms with Crippen molar-refractivity contribution in [3.8, 4) is 5.75 Å². The molecule has 9 heteroatoms. The van der Waals surface area contributed by atoms with E-state index in [2.05, 4.69) is 31.1 Å². The maximum absolute atomic E-state index is 13.2. The number of pyridine rings is 1. The number of fused-ring (bicyclic) bond motifs is 1. The summed E-state index contributed by atoms with van der Waals surface area (Å²) in [7, 11) is 1.56. The number of anilines is 2. The first-order valence-electron chi connectivity index (χ1n) is 8.29. The summed E-state index contributed by atoms with van der Waals surface area (Å²) in [5, 5.41) is 17.8. The Hall–Kier alpha value is -3.75. The van der Waals surface area contributed by atoms with E-state index in [1.165, 1.54) is 0 Å². The average Bonchev–Trinajstić information content (AvgIpc) is 3.15. The molecule has 0 fully saturated rings. The Kier molecular flexibility index (Phi) is 4.25. The molecule has 1 atom stereocenters. The van der Waals surface area contributed by atoms with E-state index in [0.717, 1.165) is 5.56 Å². The molecule has 3 aromatic rings. The number of tetrazole rings is 1. The van der Waals surface area contributed by atoms with Gasteiger partial charge in [-0.3, -0.25) is 9.78 Å². The second-order valence-corrected chi connectivity index (χ2v) is 5.95. The average molecular weight is 363 g/mol. The summed E-state index contributed by atoms with van der Waals surface area (Å²) in [5.74, 6) is 0.784. The maximum Gasteiger partial charge on any atom is 0.255 e. The molecule has 0 spiro atoms. The largest absolute Gasteiger partial charge is 0.495 e. The summed E-state index contributed by atoms with van der Waals surface area (Å²) < 4.78 is 6.91. The van der Waals surface area contributed by atoms with Crippen LogP contribution in [0.15, 0.2) is 60.1 Å². The van der Waals surface area contributed by atoms with E-state index < -0.39 is 6.04 Å². The minimum absolute atomic E-state index is 0.271. The second kappa shape index (κ2) is 6.87. The summed E-state index contributed by atoms with van der Waals surface area (Å²) in [6.45, 7) is 1.82. The van der Waals surface area contributed by atoms with Crippen LogP contribution >= 0.6 is 0 Å². The molecule has 0 radical (unpaired) electrons. The summed E-state index contributed by atoms with van der Waals surface area (Å²) in [5.41, 5.74) is 2.62. The lowest BCUT2D eigenvalue weighted by Gasteiger charge is -2.28. The van der Waals surface area contributed by atoms with Gasteiger partial charge in [0, 0.05) is 18.1 Å². The van der Waals surface area contributed by atoms with Crippen LogP contribution in [0.3, 0.4) is 0 Å². The number of carbonyl (C=O) groups excluding carboxylic acids is 1. The Balaban J connectivity index is 1.76. The Labute approximate surface area is 155 Å². The fourth-order valence-electron chi connectivity index (χ4n) is 3.10. The molecule has 4 rings (SSSR count). The molecule has 1 aliphatic rings. The minimum atomic E-state index is -0.478. The highest BCUT2D eigenvalue weighted by molar-refractivity contribution is 6.06. The molecule has 2 N–H and O–H groups in total. The molecule has 0 bridgehead atoms. The van der Waals surface area contributed by atoms with Crippen molar-refractivity contribution in [3.05, 3.63) is 65.6 Å². The number of aromatic nitrogens is 5. The number of ether oxygens (including phenoxy) is 1. The van der Waals surface area contributed by atoms with E-state index in [4.69, 9.17) is 4.74 Å². The van der Waals surface area contributed by atoms with Crippen molar-refractivity contribution >= 4 is 17.5 Å². The number of nitrogens with one attached hydrogen (secondary N) is 2. The maximum atomic E-state index is 13.2. The van der Waals surface area contributed by atoms with Gasteiger partial charge in [0.05, 0.1) is 18.4 Å². The zero-order valence-corrected chi connectivity index (χ0v) is 14.7.